The van der Waals surface area contributed by atoms with Crippen molar-refractivity contribution in [1.82, 2.24) is 9.78 Å². The zero-order valence-corrected chi connectivity index (χ0v) is 13.2. The number of nitrogens with zero attached hydrogens (tertiary/aromatic N) is 2. The summed E-state index contributed by atoms with van der Waals surface area (Å²) in [7, 11) is 0. The van der Waals surface area contributed by atoms with E-state index in [4.69, 9.17) is 4.74 Å². The molecule has 2 aliphatic carbocycles. The Bertz CT molecular complexity index is 663. The van der Waals surface area contributed by atoms with Crippen molar-refractivity contribution in [2.45, 2.75) is 38.7 Å². The molecule has 4 rings (SSSR count). The first-order chi connectivity index (χ1) is 11.3. The van der Waals surface area contributed by atoms with Gasteiger partial charge in [-0.1, -0.05) is 18.6 Å². The van der Waals surface area contributed by atoms with Crippen molar-refractivity contribution in [1.29, 1.82) is 0 Å². The zero-order chi connectivity index (χ0) is 15.6. The first kappa shape index (κ1) is 14.5. The third kappa shape index (κ3) is 3.16. The third-order valence-electron chi connectivity index (χ3n) is 5.42. The number of rotatable bonds is 5. The Morgan fingerprint density at radius 1 is 1.22 bits per heavy atom. The van der Waals surface area contributed by atoms with Gasteiger partial charge in [-0.25, -0.2) is 4.68 Å². The van der Waals surface area contributed by atoms with E-state index in [2.05, 4.69) is 5.10 Å². The molecule has 0 N–H and O–H groups in total. The second-order valence-electron chi connectivity index (χ2n) is 6.92. The van der Waals surface area contributed by atoms with Crippen LogP contribution in [0.25, 0.3) is 5.69 Å². The Balaban J connectivity index is 1.28. The van der Waals surface area contributed by atoms with Crippen LogP contribution in [0.3, 0.4) is 0 Å². The lowest BCUT2D eigenvalue weighted by Crippen LogP contribution is -2.16. The molecule has 4 nitrogen and oxygen atoms in total. The normalized spacial score (nSPS) is 25.7. The Kier molecular flexibility index (Phi) is 3.90. The number of benzene rings is 1. The molecule has 2 bridgehead atoms. The lowest BCUT2D eigenvalue weighted by molar-refractivity contribution is -0.146. The van der Waals surface area contributed by atoms with Gasteiger partial charge in [0.15, 0.2) is 0 Å². The van der Waals surface area contributed by atoms with Gasteiger partial charge >= 0.3 is 5.97 Å². The van der Waals surface area contributed by atoms with E-state index >= 15 is 0 Å². The molecular weight excluding hydrogens is 288 g/mol. The molecule has 2 aromatic rings. The summed E-state index contributed by atoms with van der Waals surface area (Å²) in [5.41, 5.74) is 2.02. The fourth-order valence-corrected chi connectivity index (χ4v) is 4.23. The maximum atomic E-state index is 12.1. The van der Waals surface area contributed by atoms with Crippen molar-refractivity contribution >= 4 is 5.97 Å². The van der Waals surface area contributed by atoms with E-state index in [0.717, 1.165) is 23.1 Å². The Morgan fingerprint density at radius 3 is 2.74 bits per heavy atom. The highest BCUT2D eigenvalue weighted by molar-refractivity contribution is 5.69. The average Bonchev–Trinajstić information content (AvgIpc) is 3.31. The van der Waals surface area contributed by atoms with E-state index in [1.54, 1.807) is 6.20 Å². The fraction of sp³-hybridized carbons (Fsp3) is 0.474. The standard InChI is InChI=1S/C19H22N2O2/c22-19(12-17-11-15-2-5-16(17)10-15)23-13-14-3-6-18(7-4-14)21-9-1-8-20-21/h1,3-4,6-9,15-17H,2,5,10-13H2. The van der Waals surface area contributed by atoms with E-state index in [0.29, 0.717) is 18.9 Å². The minimum atomic E-state index is -0.0429. The molecule has 0 spiro atoms. The molecule has 120 valence electrons. The average molecular weight is 310 g/mol. The highest BCUT2D eigenvalue weighted by Gasteiger charge is 2.40. The van der Waals surface area contributed by atoms with E-state index in [-0.39, 0.29) is 5.97 Å². The number of hydrogen-bond acceptors (Lipinski definition) is 3. The number of esters is 1. The summed E-state index contributed by atoms with van der Waals surface area (Å²) in [5, 5.41) is 4.20. The minimum Gasteiger partial charge on any atom is -0.461 e. The van der Waals surface area contributed by atoms with Gasteiger partial charge in [-0.05, 0) is 60.8 Å². The van der Waals surface area contributed by atoms with E-state index in [9.17, 15) is 4.79 Å². The molecule has 0 aliphatic heterocycles. The van der Waals surface area contributed by atoms with Crippen molar-refractivity contribution in [2.75, 3.05) is 0 Å². The minimum absolute atomic E-state index is 0.0429. The lowest BCUT2D eigenvalue weighted by atomic mass is 9.86. The van der Waals surface area contributed by atoms with Gasteiger partial charge in [0.25, 0.3) is 0 Å². The SMILES string of the molecule is O=C(CC1CC2CCC1C2)OCc1ccc(-n2cccn2)cc1. The van der Waals surface area contributed by atoms with Crippen LogP contribution in [0.1, 0.15) is 37.7 Å². The van der Waals surface area contributed by atoms with Gasteiger partial charge in [0.05, 0.1) is 5.69 Å². The summed E-state index contributed by atoms with van der Waals surface area (Å²) in [6.07, 6.45) is 9.53. The van der Waals surface area contributed by atoms with Crippen LogP contribution >= 0.6 is 0 Å². The lowest BCUT2D eigenvalue weighted by Gasteiger charge is -2.20. The quantitative estimate of drug-likeness (QED) is 0.790. The predicted molar refractivity (Wildman–Crippen MR) is 86.9 cm³/mol. The molecule has 0 saturated heterocycles. The van der Waals surface area contributed by atoms with Crippen LogP contribution in [-0.4, -0.2) is 15.7 Å². The number of hydrogen-bond donors (Lipinski definition) is 0. The molecule has 0 amide bonds. The highest BCUT2D eigenvalue weighted by Crippen LogP contribution is 2.49. The molecular formula is C19H22N2O2. The van der Waals surface area contributed by atoms with Gasteiger partial charge in [0.1, 0.15) is 6.61 Å². The first-order valence-electron chi connectivity index (χ1n) is 8.52. The van der Waals surface area contributed by atoms with Crippen LogP contribution < -0.4 is 0 Å². The van der Waals surface area contributed by atoms with Crippen molar-refractivity contribution in [3.05, 3.63) is 48.3 Å². The van der Waals surface area contributed by atoms with E-state index < -0.39 is 0 Å². The van der Waals surface area contributed by atoms with Crippen molar-refractivity contribution in [3.8, 4) is 5.69 Å². The molecule has 2 saturated carbocycles. The van der Waals surface area contributed by atoms with Crippen molar-refractivity contribution < 1.29 is 9.53 Å². The van der Waals surface area contributed by atoms with Gasteiger partial charge in [-0.2, -0.15) is 5.10 Å². The van der Waals surface area contributed by atoms with Crippen LogP contribution in [0.2, 0.25) is 0 Å². The number of carbonyl (C=O) groups is 1. The summed E-state index contributed by atoms with van der Waals surface area (Å²) in [6.45, 7) is 0.360. The van der Waals surface area contributed by atoms with Crippen molar-refractivity contribution in [2.24, 2.45) is 17.8 Å². The Hall–Kier alpha value is -2.10. The van der Waals surface area contributed by atoms with E-state index in [1.165, 1.54) is 25.7 Å². The predicted octanol–water partition coefficient (Wildman–Crippen LogP) is 3.74. The monoisotopic (exact) mass is 310 g/mol. The van der Waals surface area contributed by atoms with E-state index in [1.807, 2.05) is 41.2 Å². The van der Waals surface area contributed by atoms with Gasteiger partial charge in [0, 0.05) is 18.8 Å². The fourth-order valence-electron chi connectivity index (χ4n) is 4.23. The molecule has 1 aromatic carbocycles. The van der Waals surface area contributed by atoms with Gasteiger partial charge in [-0.15, -0.1) is 0 Å². The number of aromatic nitrogens is 2. The van der Waals surface area contributed by atoms with Crippen LogP contribution in [-0.2, 0) is 16.1 Å². The maximum absolute atomic E-state index is 12.1. The third-order valence-corrected chi connectivity index (χ3v) is 5.42. The molecule has 2 fully saturated rings. The van der Waals surface area contributed by atoms with Crippen molar-refractivity contribution in [3.63, 3.8) is 0 Å². The maximum Gasteiger partial charge on any atom is 0.306 e. The summed E-state index contributed by atoms with van der Waals surface area (Å²) < 4.78 is 7.28. The molecule has 3 atom stereocenters. The Morgan fingerprint density at radius 2 is 2.09 bits per heavy atom. The topological polar surface area (TPSA) is 44.1 Å². The molecule has 2 aliphatic rings. The van der Waals surface area contributed by atoms with Crippen LogP contribution in [0.15, 0.2) is 42.7 Å². The first-order valence-corrected chi connectivity index (χ1v) is 8.52. The molecule has 3 unspecified atom stereocenters. The smallest absolute Gasteiger partial charge is 0.306 e. The summed E-state index contributed by atoms with van der Waals surface area (Å²) in [4.78, 5) is 12.1. The van der Waals surface area contributed by atoms with Gasteiger partial charge in [-0.3, -0.25) is 4.79 Å². The number of fused-ring (bicyclic) bond motifs is 2. The molecule has 4 heteroatoms. The summed E-state index contributed by atoms with van der Waals surface area (Å²) in [6, 6.07) is 9.85. The second-order valence-corrected chi connectivity index (χ2v) is 6.92. The van der Waals surface area contributed by atoms with Gasteiger partial charge < -0.3 is 4.74 Å². The number of ether oxygens (including phenoxy) is 1. The van der Waals surface area contributed by atoms with Crippen LogP contribution in [0, 0.1) is 17.8 Å². The zero-order valence-electron chi connectivity index (χ0n) is 13.2. The second kappa shape index (κ2) is 6.19. The van der Waals surface area contributed by atoms with Crippen LogP contribution in [0.5, 0.6) is 0 Å². The Labute approximate surface area is 136 Å². The molecule has 0 radical (unpaired) electrons. The summed E-state index contributed by atoms with van der Waals surface area (Å²) >= 11 is 0. The number of carbonyl (C=O) groups excluding carboxylic acids is 1. The van der Waals surface area contributed by atoms with Crippen LogP contribution in [0.4, 0.5) is 0 Å². The molecule has 23 heavy (non-hydrogen) atoms. The largest absolute Gasteiger partial charge is 0.461 e. The van der Waals surface area contributed by atoms with Gasteiger partial charge in [0.2, 0.25) is 0 Å². The molecule has 1 heterocycles. The molecule has 1 aromatic heterocycles. The summed E-state index contributed by atoms with van der Waals surface area (Å²) in [5.74, 6) is 2.19. The highest BCUT2D eigenvalue weighted by atomic mass is 16.5.